The van der Waals surface area contributed by atoms with Crippen LogP contribution in [0.5, 0.6) is 5.88 Å². The molecule has 3 heterocycles. The fourth-order valence-corrected chi connectivity index (χ4v) is 3.36. The predicted molar refractivity (Wildman–Crippen MR) is 95.8 cm³/mol. The lowest BCUT2D eigenvalue weighted by Crippen LogP contribution is -2.12. The highest BCUT2D eigenvalue weighted by atomic mass is 32.2. The summed E-state index contributed by atoms with van der Waals surface area (Å²) in [7, 11) is -0.858. The highest BCUT2D eigenvalue weighted by molar-refractivity contribution is 7.89. The van der Waals surface area contributed by atoms with E-state index in [-0.39, 0.29) is 5.88 Å². The molecule has 0 spiro atoms. The van der Waals surface area contributed by atoms with Crippen molar-refractivity contribution < 1.29 is 22.7 Å². The SMILES string of the molecule is COC(=O)Nc1cc(-c2cnc(OC)c3c2ccn3S(C)(=O)=O)ccn1. The van der Waals surface area contributed by atoms with Crippen LogP contribution in [0.15, 0.2) is 36.8 Å². The van der Waals surface area contributed by atoms with Crippen LogP contribution in [0, 0.1) is 0 Å². The van der Waals surface area contributed by atoms with Gasteiger partial charge in [-0.15, -0.1) is 0 Å². The van der Waals surface area contributed by atoms with Crippen LogP contribution in [0.25, 0.3) is 22.0 Å². The molecule has 0 aliphatic carbocycles. The first-order valence-corrected chi connectivity index (χ1v) is 9.26. The molecule has 3 rings (SSSR count). The molecule has 0 aromatic carbocycles. The highest BCUT2D eigenvalue weighted by Gasteiger charge is 2.19. The van der Waals surface area contributed by atoms with E-state index in [0.29, 0.717) is 27.8 Å². The lowest BCUT2D eigenvalue weighted by atomic mass is 10.1. The van der Waals surface area contributed by atoms with E-state index in [1.165, 1.54) is 26.6 Å². The molecule has 0 saturated heterocycles. The third-order valence-electron chi connectivity index (χ3n) is 3.69. The molecule has 26 heavy (non-hydrogen) atoms. The number of methoxy groups -OCH3 is 2. The van der Waals surface area contributed by atoms with Gasteiger partial charge in [-0.25, -0.2) is 27.2 Å². The molecule has 0 aliphatic heterocycles. The summed E-state index contributed by atoms with van der Waals surface area (Å²) in [6.45, 7) is 0. The Kier molecular flexibility index (Phi) is 4.51. The van der Waals surface area contributed by atoms with Crippen molar-refractivity contribution in [2.45, 2.75) is 0 Å². The van der Waals surface area contributed by atoms with Gasteiger partial charge < -0.3 is 9.47 Å². The van der Waals surface area contributed by atoms with Crippen LogP contribution < -0.4 is 10.1 Å². The summed E-state index contributed by atoms with van der Waals surface area (Å²) >= 11 is 0. The molecule has 3 aromatic rings. The van der Waals surface area contributed by atoms with Crippen molar-refractivity contribution in [1.82, 2.24) is 13.9 Å². The lowest BCUT2D eigenvalue weighted by molar-refractivity contribution is 0.187. The molecule has 0 unspecified atom stereocenters. The van der Waals surface area contributed by atoms with E-state index in [9.17, 15) is 13.2 Å². The van der Waals surface area contributed by atoms with Crippen molar-refractivity contribution in [3.63, 3.8) is 0 Å². The Morgan fingerprint density at radius 1 is 1.23 bits per heavy atom. The van der Waals surface area contributed by atoms with Crippen LogP contribution in [0.1, 0.15) is 0 Å². The number of fused-ring (bicyclic) bond motifs is 1. The number of pyridine rings is 2. The quantitative estimate of drug-likeness (QED) is 0.742. The third kappa shape index (κ3) is 3.18. The second-order valence-electron chi connectivity index (χ2n) is 5.36. The number of amides is 1. The summed E-state index contributed by atoms with van der Waals surface area (Å²) in [5.41, 5.74) is 1.70. The second kappa shape index (κ2) is 6.64. The molecule has 0 fully saturated rings. The molecule has 0 aliphatic rings. The summed E-state index contributed by atoms with van der Waals surface area (Å²) in [5.74, 6) is 0.488. The van der Waals surface area contributed by atoms with E-state index in [4.69, 9.17) is 4.74 Å². The van der Waals surface area contributed by atoms with Crippen LogP contribution >= 0.6 is 0 Å². The third-order valence-corrected chi connectivity index (χ3v) is 4.71. The average molecular weight is 376 g/mol. The lowest BCUT2D eigenvalue weighted by Gasteiger charge is -2.10. The van der Waals surface area contributed by atoms with E-state index >= 15 is 0 Å². The average Bonchev–Trinajstić information content (AvgIpc) is 3.06. The van der Waals surface area contributed by atoms with Gasteiger partial charge in [0.25, 0.3) is 0 Å². The Hall–Kier alpha value is -3.14. The zero-order chi connectivity index (χ0) is 18.9. The van der Waals surface area contributed by atoms with Crippen LogP contribution in [0.4, 0.5) is 10.6 Å². The van der Waals surface area contributed by atoms with Gasteiger partial charge >= 0.3 is 6.09 Å². The first kappa shape index (κ1) is 17.7. The molecule has 1 amide bonds. The smallest absolute Gasteiger partial charge is 0.412 e. The van der Waals surface area contributed by atoms with Crippen LogP contribution in [0.2, 0.25) is 0 Å². The van der Waals surface area contributed by atoms with Gasteiger partial charge in [0.2, 0.25) is 15.9 Å². The Morgan fingerprint density at radius 2 is 2.00 bits per heavy atom. The maximum absolute atomic E-state index is 12.0. The minimum Gasteiger partial charge on any atom is -0.479 e. The van der Waals surface area contributed by atoms with Crippen LogP contribution in [-0.4, -0.2) is 48.9 Å². The molecule has 10 heteroatoms. The van der Waals surface area contributed by atoms with Crippen molar-refractivity contribution in [1.29, 1.82) is 0 Å². The maximum atomic E-state index is 12.0. The van der Waals surface area contributed by atoms with Gasteiger partial charge in [-0.2, -0.15) is 0 Å². The Balaban J connectivity index is 2.20. The molecule has 0 atom stereocenters. The predicted octanol–water partition coefficient (Wildman–Crippen LogP) is 2.09. The number of nitrogens with zero attached hydrogens (tertiary/aromatic N) is 3. The number of carbonyl (C=O) groups excluding carboxylic acids is 1. The second-order valence-corrected chi connectivity index (χ2v) is 7.22. The minimum absolute atomic E-state index is 0.196. The number of ether oxygens (including phenoxy) is 2. The van der Waals surface area contributed by atoms with Crippen molar-refractivity contribution in [2.24, 2.45) is 0 Å². The van der Waals surface area contributed by atoms with Crippen molar-refractivity contribution in [2.75, 3.05) is 25.8 Å². The van der Waals surface area contributed by atoms with Crippen molar-refractivity contribution in [3.8, 4) is 17.0 Å². The summed E-state index contributed by atoms with van der Waals surface area (Å²) in [6.07, 6.45) is 5.00. The molecule has 0 radical (unpaired) electrons. The fourth-order valence-electron chi connectivity index (χ4n) is 2.57. The topological polar surface area (TPSA) is 112 Å². The largest absolute Gasteiger partial charge is 0.479 e. The molecule has 136 valence electrons. The Bertz CT molecular complexity index is 1090. The van der Waals surface area contributed by atoms with Gasteiger partial charge in [0.15, 0.2) is 0 Å². The maximum Gasteiger partial charge on any atom is 0.412 e. The molecular weight excluding hydrogens is 360 g/mol. The van der Waals surface area contributed by atoms with Gasteiger partial charge in [-0.3, -0.25) is 5.32 Å². The van der Waals surface area contributed by atoms with E-state index in [1.807, 2.05) is 0 Å². The number of hydrogen-bond donors (Lipinski definition) is 1. The van der Waals surface area contributed by atoms with Gasteiger partial charge in [-0.1, -0.05) is 0 Å². The van der Waals surface area contributed by atoms with E-state index in [1.54, 1.807) is 24.4 Å². The van der Waals surface area contributed by atoms with Gasteiger partial charge in [0.1, 0.15) is 11.3 Å². The van der Waals surface area contributed by atoms with Crippen molar-refractivity contribution >= 4 is 32.8 Å². The summed E-state index contributed by atoms with van der Waals surface area (Å²) in [6, 6.07) is 5.03. The monoisotopic (exact) mass is 376 g/mol. The zero-order valence-electron chi connectivity index (χ0n) is 14.3. The number of anilines is 1. The van der Waals surface area contributed by atoms with E-state index in [0.717, 1.165) is 10.2 Å². The molecule has 9 nitrogen and oxygen atoms in total. The molecule has 3 aromatic heterocycles. The number of rotatable bonds is 4. The molecular formula is C16H16N4O5S. The van der Waals surface area contributed by atoms with E-state index < -0.39 is 16.1 Å². The van der Waals surface area contributed by atoms with Gasteiger partial charge in [-0.05, 0) is 23.8 Å². The standard InChI is InChI=1S/C16H16N4O5S/c1-24-15-14-11(5-7-20(14)26(3,22)23)12(9-18-15)10-4-6-17-13(8-10)19-16(21)25-2/h4-9H,1-3H3,(H,17,19,21). The first-order chi connectivity index (χ1) is 12.3. The number of hydrogen-bond acceptors (Lipinski definition) is 7. The summed E-state index contributed by atoms with van der Waals surface area (Å²) < 4.78 is 35.0. The first-order valence-electron chi connectivity index (χ1n) is 7.41. The molecule has 0 saturated carbocycles. The normalized spacial score (nSPS) is 11.3. The highest BCUT2D eigenvalue weighted by Crippen LogP contribution is 2.34. The Labute approximate surface area is 149 Å². The van der Waals surface area contributed by atoms with E-state index in [2.05, 4.69) is 20.0 Å². The van der Waals surface area contributed by atoms with Gasteiger partial charge in [0.05, 0.1) is 20.5 Å². The number of carbonyl (C=O) groups is 1. The van der Waals surface area contributed by atoms with Crippen molar-refractivity contribution in [3.05, 3.63) is 36.8 Å². The Morgan fingerprint density at radius 3 is 2.65 bits per heavy atom. The summed E-state index contributed by atoms with van der Waals surface area (Å²) in [4.78, 5) is 19.6. The number of aromatic nitrogens is 3. The molecule has 0 bridgehead atoms. The molecule has 1 N–H and O–H groups in total. The summed E-state index contributed by atoms with van der Waals surface area (Å²) in [5, 5.41) is 3.12. The minimum atomic E-state index is -3.53. The zero-order valence-corrected chi connectivity index (χ0v) is 15.1. The fraction of sp³-hybridized carbons (Fsp3) is 0.188. The number of nitrogens with one attached hydrogen (secondary N) is 1. The van der Waals surface area contributed by atoms with Crippen LogP contribution in [0.3, 0.4) is 0 Å². The van der Waals surface area contributed by atoms with Crippen LogP contribution in [-0.2, 0) is 14.8 Å². The van der Waals surface area contributed by atoms with Gasteiger partial charge in [0, 0.05) is 29.5 Å².